The highest BCUT2D eigenvalue weighted by molar-refractivity contribution is 5.08. The van der Waals surface area contributed by atoms with Gasteiger partial charge in [-0.1, -0.05) is 19.8 Å². The first kappa shape index (κ1) is 8.55. The molecule has 0 aliphatic heterocycles. The summed E-state index contributed by atoms with van der Waals surface area (Å²) in [7, 11) is 0. The van der Waals surface area contributed by atoms with Crippen molar-refractivity contribution in [3.05, 3.63) is 0 Å². The summed E-state index contributed by atoms with van der Waals surface area (Å²) in [6.07, 6.45) is 4.24. The van der Waals surface area contributed by atoms with Crippen LogP contribution in [0.25, 0.3) is 0 Å². The average molecular weight is 153 g/mol. The highest BCUT2D eigenvalue weighted by atomic mass is 16.3. The molecule has 2 heteroatoms. The van der Waals surface area contributed by atoms with Crippen LogP contribution in [-0.4, -0.2) is 11.2 Å². The molecule has 0 spiro atoms. The van der Waals surface area contributed by atoms with Crippen molar-refractivity contribution < 1.29 is 5.11 Å². The van der Waals surface area contributed by atoms with Gasteiger partial charge in [-0.15, -0.1) is 0 Å². The number of aliphatic hydroxyl groups excluding tert-OH is 1. The Morgan fingerprint density at radius 2 is 2.27 bits per heavy atom. The number of nitrogens with zero attached hydrogens (tertiary/aromatic N) is 1. The van der Waals surface area contributed by atoms with E-state index in [4.69, 9.17) is 5.26 Å². The minimum Gasteiger partial charge on any atom is -0.391 e. The summed E-state index contributed by atoms with van der Waals surface area (Å²) in [6.45, 7) is 2.03. The maximum atomic E-state index is 9.60. The van der Waals surface area contributed by atoms with Gasteiger partial charge in [0.15, 0.2) is 0 Å². The number of rotatable bonds is 3. The molecule has 0 aromatic carbocycles. The fourth-order valence-electron chi connectivity index (χ4n) is 1.63. The molecule has 0 amide bonds. The molecule has 1 saturated carbocycles. The van der Waals surface area contributed by atoms with Gasteiger partial charge in [0.1, 0.15) is 0 Å². The van der Waals surface area contributed by atoms with Crippen molar-refractivity contribution in [3.63, 3.8) is 0 Å². The first-order valence-electron chi connectivity index (χ1n) is 4.34. The first-order chi connectivity index (χ1) is 5.25. The minimum absolute atomic E-state index is 0.365. The SMILES string of the molecule is CCCC(O)C1(C#N)CCC1. The highest BCUT2D eigenvalue weighted by Gasteiger charge is 2.43. The molecule has 0 bridgehead atoms. The lowest BCUT2D eigenvalue weighted by Crippen LogP contribution is -2.39. The van der Waals surface area contributed by atoms with Crippen LogP contribution in [0.3, 0.4) is 0 Å². The predicted octanol–water partition coefficient (Wildman–Crippen LogP) is 1.84. The van der Waals surface area contributed by atoms with E-state index in [1.165, 1.54) is 0 Å². The standard InChI is InChI=1S/C9H15NO/c1-2-4-8(11)9(7-10)5-3-6-9/h8,11H,2-6H2,1H3. The van der Waals surface area contributed by atoms with Gasteiger partial charge in [-0.25, -0.2) is 0 Å². The van der Waals surface area contributed by atoms with Crippen LogP contribution in [0.2, 0.25) is 0 Å². The van der Waals surface area contributed by atoms with E-state index in [1.54, 1.807) is 0 Å². The Kier molecular flexibility index (Phi) is 2.51. The summed E-state index contributed by atoms with van der Waals surface area (Å²) in [5, 5.41) is 18.4. The van der Waals surface area contributed by atoms with E-state index in [0.717, 1.165) is 32.1 Å². The van der Waals surface area contributed by atoms with Crippen LogP contribution in [0.5, 0.6) is 0 Å². The average Bonchev–Trinajstić information content (AvgIpc) is 1.87. The van der Waals surface area contributed by atoms with Crippen molar-refractivity contribution in [1.82, 2.24) is 0 Å². The van der Waals surface area contributed by atoms with Crippen molar-refractivity contribution in [1.29, 1.82) is 5.26 Å². The molecule has 1 aliphatic carbocycles. The number of hydrogen-bond acceptors (Lipinski definition) is 2. The van der Waals surface area contributed by atoms with Gasteiger partial charge in [0, 0.05) is 0 Å². The van der Waals surface area contributed by atoms with Crippen LogP contribution >= 0.6 is 0 Å². The molecule has 1 atom stereocenters. The Hall–Kier alpha value is -0.550. The van der Waals surface area contributed by atoms with E-state index >= 15 is 0 Å². The summed E-state index contributed by atoms with van der Waals surface area (Å²) < 4.78 is 0. The Labute approximate surface area is 67.8 Å². The van der Waals surface area contributed by atoms with Crippen molar-refractivity contribution >= 4 is 0 Å². The van der Waals surface area contributed by atoms with Crippen LogP contribution < -0.4 is 0 Å². The molecule has 1 aliphatic rings. The molecule has 1 fully saturated rings. The van der Waals surface area contributed by atoms with Gasteiger partial charge in [0.2, 0.25) is 0 Å². The summed E-state index contributed by atoms with van der Waals surface area (Å²) in [4.78, 5) is 0. The van der Waals surface area contributed by atoms with E-state index in [2.05, 4.69) is 6.07 Å². The Bertz CT molecular complexity index is 167. The third kappa shape index (κ3) is 1.39. The van der Waals surface area contributed by atoms with Crippen molar-refractivity contribution in [2.24, 2.45) is 5.41 Å². The van der Waals surface area contributed by atoms with Crippen LogP contribution in [0.1, 0.15) is 39.0 Å². The minimum atomic E-state index is -0.383. The largest absolute Gasteiger partial charge is 0.391 e. The van der Waals surface area contributed by atoms with Crippen molar-refractivity contribution in [2.45, 2.75) is 45.1 Å². The molecule has 2 nitrogen and oxygen atoms in total. The highest BCUT2D eigenvalue weighted by Crippen LogP contribution is 2.44. The molecule has 1 N–H and O–H groups in total. The van der Waals surface area contributed by atoms with Crippen LogP contribution in [0.4, 0.5) is 0 Å². The summed E-state index contributed by atoms with van der Waals surface area (Å²) in [6, 6.07) is 2.25. The molecule has 0 saturated heterocycles. The second-order valence-corrected chi connectivity index (χ2v) is 3.43. The fourth-order valence-corrected chi connectivity index (χ4v) is 1.63. The molecule has 0 aromatic heterocycles. The molecule has 1 unspecified atom stereocenters. The molecule has 1 rings (SSSR count). The summed E-state index contributed by atoms with van der Waals surface area (Å²) in [5.41, 5.74) is -0.365. The van der Waals surface area contributed by atoms with Crippen molar-refractivity contribution in [2.75, 3.05) is 0 Å². The predicted molar refractivity (Wildman–Crippen MR) is 42.8 cm³/mol. The Morgan fingerprint density at radius 1 is 1.64 bits per heavy atom. The molecule has 62 valence electrons. The lowest BCUT2D eigenvalue weighted by atomic mass is 9.65. The second kappa shape index (κ2) is 3.23. The lowest BCUT2D eigenvalue weighted by molar-refractivity contribution is 0.00370. The zero-order valence-electron chi connectivity index (χ0n) is 7.01. The van der Waals surface area contributed by atoms with Crippen molar-refractivity contribution in [3.8, 4) is 6.07 Å². The van der Waals surface area contributed by atoms with Gasteiger partial charge in [0.05, 0.1) is 17.6 Å². The topological polar surface area (TPSA) is 44.0 Å². The smallest absolute Gasteiger partial charge is 0.0832 e. The van der Waals surface area contributed by atoms with E-state index in [1.807, 2.05) is 6.92 Å². The van der Waals surface area contributed by atoms with E-state index in [0.29, 0.717) is 0 Å². The van der Waals surface area contributed by atoms with Gasteiger partial charge >= 0.3 is 0 Å². The molecule has 0 radical (unpaired) electrons. The maximum absolute atomic E-state index is 9.60. The Morgan fingerprint density at radius 3 is 2.55 bits per heavy atom. The summed E-state index contributed by atoms with van der Waals surface area (Å²) >= 11 is 0. The van der Waals surface area contributed by atoms with Crippen LogP contribution in [0.15, 0.2) is 0 Å². The van der Waals surface area contributed by atoms with Gasteiger partial charge in [-0.2, -0.15) is 5.26 Å². The summed E-state index contributed by atoms with van der Waals surface area (Å²) in [5.74, 6) is 0. The first-order valence-corrected chi connectivity index (χ1v) is 4.34. The zero-order chi connectivity index (χ0) is 8.32. The molecule has 0 heterocycles. The normalized spacial score (nSPS) is 23.4. The molecular formula is C9H15NO. The van der Waals surface area contributed by atoms with Gasteiger partial charge in [0.25, 0.3) is 0 Å². The van der Waals surface area contributed by atoms with E-state index in [-0.39, 0.29) is 11.5 Å². The lowest BCUT2D eigenvalue weighted by Gasteiger charge is -2.39. The number of aliphatic hydroxyl groups is 1. The maximum Gasteiger partial charge on any atom is 0.0832 e. The van der Waals surface area contributed by atoms with E-state index < -0.39 is 0 Å². The Balaban J connectivity index is 2.49. The molecule has 0 aromatic rings. The molecular weight excluding hydrogens is 138 g/mol. The zero-order valence-corrected chi connectivity index (χ0v) is 7.01. The van der Waals surface area contributed by atoms with Gasteiger partial charge in [-0.3, -0.25) is 0 Å². The number of nitriles is 1. The fraction of sp³-hybridized carbons (Fsp3) is 0.889. The third-order valence-electron chi connectivity index (χ3n) is 2.67. The third-order valence-corrected chi connectivity index (χ3v) is 2.67. The molecule has 11 heavy (non-hydrogen) atoms. The number of hydrogen-bond donors (Lipinski definition) is 1. The van der Waals surface area contributed by atoms with E-state index in [9.17, 15) is 5.11 Å². The van der Waals surface area contributed by atoms with Crippen LogP contribution in [0, 0.1) is 16.7 Å². The quantitative estimate of drug-likeness (QED) is 0.672. The van der Waals surface area contributed by atoms with Crippen LogP contribution in [-0.2, 0) is 0 Å². The second-order valence-electron chi connectivity index (χ2n) is 3.43. The van der Waals surface area contributed by atoms with Gasteiger partial charge in [-0.05, 0) is 19.3 Å². The monoisotopic (exact) mass is 153 g/mol. The van der Waals surface area contributed by atoms with Gasteiger partial charge < -0.3 is 5.11 Å².